The first-order valence-corrected chi connectivity index (χ1v) is 11.6. The number of anilines is 1. The zero-order valence-electron chi connectivity index (χ0n) is 18.3. The molecule has 7 nitrogen and oxygen atoms in total. The van der Waals surface area contributed by atoms with Crippen LogP contribution in [-0.4, -0.2) is 36.6 Å². The van der Waals surface area contributed by atoms with Gasteiger partial charge in [-0.15, -0.1) is 11.3 Å². The van der Waals surface area contributed by atoms with Crippen LogP contribution in [0.4, 0.5) is 5.69 Å². The number of amides is 2. The molecule has 1 aromatic heterocycles. The summed E-state index contributed by atoms with van der Waals surface area (Å²) in [6.45, 7) is 5.58. The molecule has 0 radical (unpaired) electrons. The normalized spacial score (nSPS) is 10.7. The van der Waals surface area contributed by atoms with Crippen LogP contribution >= 0.6 is 23.1 Å². The lowest BCUT2D eigenvalue weighted by atomic mass is 10.2. The molecule has 0 atom stereocenters. The van der Waals surface area contributed by atoms with Crippen molar-refractivity contribution in [3.05, 3.63) is 59.1 Å². The number of thiazole rings is 1. The van der Waals surface area contributed by atoms with Crippen LogP contribution in [0.2, 0.25) is 0 Å². The second-order valence-electron chi connectivity index (χ2n) is 7.21. The maximum Gasteiger partial charge on any atom is 0.258 e. The van der Waals surface area contributed by atoms with Crippen molar-refractivity contribution in [2.24, 2.45) is 0 Å². The Morgan fingerprint density at radius 1 is 1.12 bits per heavy atom. The summed E-state index contributed by atoms with van der Waals surface area (Å²) in [6, 6.07) is 12.4. The lowest BCUT2D eigenvalue weighted by Crippen LogP contribution is -2.34. The van der Waals surface area contributed by atoms with Crippen LogP contribution in [0, 0.1) is 6.92 Å². The molecule has 0 aliphatic heterocycles. The number of aryl methyl sites for hydroxylation is 1. The number of nitrogens with zero attached hydrogens (tertiary/aromatic N) is 1. The Morgan fingerprint density at radius 2 is 1.88 bits per heavy atom. The molecule has 168 valence electrons. The number of carbonyl (C=O) groups excluding carboxylic acids is 2. The Kier molecular flexibility index (Phi) is 8.13. The van der Waals surface area contributed by atoms with Gasteiger partial charge in [0.05, 0.1) is 7.11 Å². The van der Waals surface area contributed by atoms with E-state index < -0.39 is 0 Å². The van der Waals surface area contributed by atoms with E-state index in [1.807, 2.05) is 50.4 Å². The van der Waals surface area contributed by atoms with Gasteiger partial charge in [-0.1, -0.05) is 11.8 Å². The molecule has 0 fully saturated rings. The smallest absolute Gasteiger partial charge is 0.258 e. The first-order chi connectivity index (χ1) is 15.3. The summed E-state index contributed by atoms with van der Waals surface area (Å²) in [4.78, 5) is 29.9. The van der Waals surface area contributed by atoms with E-state index >= 15 is 0 Å². The number of hydrogen-bond donors (Lipinski definition) is 2. The van der Waals surface area contributed by atoms with Gasteiger partial charge in [0.15, 0.2) is 22.4 Å². The highest BCUT2D eigenvalue weighted by Crippen LogP contribution is 2.31. The number of nitrogens with one attached hydrogen (secondary N) is 2. The zero-order valence-corrected chi connectivity index (χ0v) is 19.9. The molecule has 3 rings (SSSR count). The molecule has 1 heterocycles. The largest absolute Gasteiger partial charge is 0.493 e. The van der Waals surface area contributed by atoms with Gasteiger partial charge in [-0.05, 0) is 63.2 Å². The molecule has 2 amide bonds. The Labute approximate surface area is 195 Å². The molecular formula is C23H25N3O4S2. The van der Waals surface area contributed by atoms with Gasteiger partial charge in [-0.25, -0.2) is 4.98 Å². The van der Waals surface area contributed by atoms with Crippen LogP contribution in [0.15, 0.2) is 57.1 Å². The molecule has 32 heavy (non-hydrogen) atoms. The first-order valence-electron chi connectivity index (χ1n) is 9.95. The lowest BCUT2D eigenvalue weighted by Gasteiger charge is -2.13. The summed E-state index contributed by atoms with van der Waals surface area (Å²) in [5.41, 5.74) is 2.10. The highest BCUT2D eigenvalue weighted by molar-refractivity contribution is 8.01. The summed E-state index contributed by atoms with van der Waals surface area (Å²) in [6.07, 6.45) is 0. The average Bonchev–Trinajstić information content (AvgIpc) is 3.17. The van der Waals surface area contributed by atoms with Crippen LogP contribution in [0.3, 0.4) is 0 Å². The van der Waals surface area contributed by atoms with E-state index in [2.05, 4.69) is 15.6 Å². The fourth-order valence-electron chi connectivity index (χ4n) is 2.72. The Bertz CT molecular complexity index is 1080. The number of methoxy groups -OCH3 is 1. The second-order valence-corrected chi connectivity index (χ2v) is 9.39. The van der Waals surface area contributed by atoms with Gasteiger partial charge in [-0.2, -0.15) is 0 Å². The Hall–Kier alpha value is -3.04. The fraction of sp³-hybridized carbons (Fsp3) is 0.261. The predicted octanol–water partition coefficient (Wildman–Crippen LogP) is 4.77. The maximum absolute atomic E-state index is 12.7. The van der Waals surface area contributed by atoms with Crippen LogP contribution < -0.4 is 20.1 Å². The lowest BCUT2D eigenvalue weighted by molar-refractivity contribution is -0.123. The number of carbonyl (C=O) groups is 2. The Balaban J connectivity index is 1.61. The minimum absolute atomic E-state index is 0.0308. The number of benzene rings is 2. The predicted molar refractivity (Wildman–Crippen MR) is 127 cm³/mol. The molecule has 9 heteroatoms. The van der Waals surface area contributed by atoms with Crippen molar-refractivity contribution < 1.29 is 19.1 Å². The zero-order chi connectivity index (χ0) is 23.1. The van der Waals surface area contributed by atoms with E-state index in [0.717, 1.165) is 14.9 Å². The summed E-state index contributed by atoms with van der Waals surface area (Å²) >= 11 is 3.19. The quantitative estimate of drug-likeness (QED) is 0.467. The van der Waals surface area contributed by atoms with E-state index in [9.17, 15) is 9.59 Å². The second kappa shape index (κ2) is 11.0. The summed E-state index contributed by atoms with van der Waals surface area (Å²) < 4.78 is 11.8. The standard InChI is InChI=1S/C23H25N3O4S2/c1-14(2)24-21(27)12-30-19-10-5-16(11-20(19)29-4)22(28)26-17-6-8-18(9-7-17)32-23-25-15(3)13-31-23/h5-11,13-14H,12H2,1-4H3,(H,24,27)(H,26,28). The van der Waals surface area contributed by atoms with Crippen molar-refractivity contribution in [2.75, 3.05) is 19.0 Å². The molecule has 0 spiro atoms. The summed E-state index contributed by atoms with van der Waals surface area (Å²) in [5, 5.41) is 7.64. The molecule has 0 aliphatic carbocycles. The van der Waals surface area contributed by atoms with Crippen molar-refractivity contribution >= 4 is 40.6 Å². The topological polar surface area (TPSA) is 89.6 Å². The molecule has 0 saturated heterocycles. The van der Waals surface area contributed by atoms with E-state index in [4.69, 9.17) is 9.47 Å². The molecule has 0 saturated carbocycles. The van der Waals surface area contributed by atoms with Crippen molar-refractivity contribution in [1.82, 2.24) is 10.3 Å². The van der Waals surface area contributed by atoms with Crippen LogP contribution in [-0.2, 0) is 4.79 Å². The number of hydrogen-bond acceptors (Lipinski definition) is 7. The third-order valence-corrected chi connectivity index (χ3v) is 6.21. The third kappa shape index (κ3) is 6.73. The van der Waals surface area contributed by atoms with Crippen molar-refractivity contribution in [1.29, 1.82) is 0 Å². The number of ether oxygens (including phenoxy) is 2. The van der Waals surface area contributed by atoms with Crippen molar-refractivity contribution in [3.8, 4) is 11.5 Å². The van der Waals surface area contributed by atoms with Gasteiger partial charge < -0.3 is 20.1 Å². The third-order valence-electron chi connectivity index (χ3n) is 4.15. The van der Waals surface area contributed by atoms with Crippen molar-refractivity contribution in [3.63, 3.8) is 0 Å². The highest BCUT2D eigenvalue weighted by Gasteiger charge is 2.13. The monoisotopic (exact) mass is 471 g/mol. The average molecular weight is 472 g/mol. The van der Waals surface area contributed by atoms with Crippen LogP contribution in [0.1, 0.15) is 29.9 Å². The van der Waals surface area contributed by atoms with Gasteiger partial charge in [0.25, 0.3) is 11.8 Å². The fourth-order valence-corrected chi connectivity index (χ4v) is 4.53. The minimum Gasteiger partial charge on any atom is -0.493 e. The van der Waals surface area contributed by atoms with Crippen LogP contribution in [0.5, 0.6) is 11.5 Å². The molecule has 3 aromatic rings. The molecule has 2 aromatic carbocycles. The number of aromatic nitrogens is 1. The van der Waals surface area contributed by atoms with E-state index in [-0.39, 0.29) is 24.5 Å². The van der Waals surface area contributed by atoms with E-state index in [1.165, 1.54) is 7.11 Å². The number of rotatable bonds is 9. The molecule has 0 unspecified atom stereocenters. The van der Waals surface area contributed by atoms with Crippen LogP contribution in [0.25, 0.3) is 0 Å². The molecule has 0 bridgehead atoms. The van der Waals surface area contributed by atoms with E-state index in [0.29, 0.717) is 22.7 Å². The summed E-state index contributed by atoms with van der Waals surface area (Å²) in [7, 11) is 1.48. The molecular weight excluding hydrogens is 446 g/mol. The van der Waals surface area contributed by atoms with Gasteiger partial charge in [0.1, 0.15) is 0 Å². The maximum atomic E-state index is 12.7. The van der Waals surface area contributed by atoms with Gasteiger partial charge in [0.2, 0.25) is 0 Å². The SMILES string of the molecule is COc1cc(C(=O)Nc2ccc(Sc3nc(C)cs3)cc2)ccc1OCC(=O)NC(C)C. The molecule has 2 N–H and O–H groups in total. The minimum atomic E-state index is -0.275. The molecule has 0 aliphatic rings. The van der Waals surface area contributed by atoms with Crippen molar-refractivity contribution in [2.45, 2.75) is 36.0 Å². The first kappa shape index (κ1) is 23.6. The summed E-state index contributed by atoms with van der Waals surface area (Å²) in [5.74, 6) is 0.265. The Morgan fingerprint density at radius 3 is 2.50 bits per heavy atom. The van der Waals surface area contributed by atoms with Gasteiger partial charge >= 0.3 is 0 Å². The van der Waals surface area contributed by atoms with Gasteiger partial charge in [-0.3, -0.25) is 9.59 Å². The van der Waals surface area contributed by atoms with E-state index in [1.54, 1.807) is 41.3 Å². The highest BCUT2D eigenvalue weighted by atomic mass is 32.2. The van der Waals surface area contributed by atoms with Gasteiger partial charge in [0, 0.05) is 33.3 Å².